The van der Waals surface area contributed by atoms with Crippen LogP contribution in [-0.2, 0) is 0 Å². The Kier molecular flexibility index (Phi) is 15.7. The van der Waals surface area contributed by atoms with E-state index >= 15 is 0 Å². The Hall–Kier alpha value is 0.355. The zero-order valence-electron chi connectivity index (χ0n) is 7.20. The van der Waals surface area contributed by atoms with E-state index in [1.165, 1.54) is 38.3 Å². The van der Waals surface area contributed by atoms with Crippen molar-refractivity contribution in [1.29, 1.82) is 0 Å². The van der Waals surface area contributed by atoms with Crippen LogP contribution >= 0.6 is 0 Å². The molecule has 0 aliphatic heterocycles. The molecule has 0 rings (SSSR count). The first-order valence-corrected chi connectivity index (χ1v) is 4.23. The van der Waals surface area contributed by atoms with Crippen LogP contribution in [0.4, 0.5) is 0 Å². The number of unbranched alkanes of at least 4 members (excludes halogenated alkanes) is 2. The van der Waals surface area contributed by atoms with Crippen molar-refractivity contribution in [1.82, 2.24) is 0 Å². The molecule has 0 nitrogen and oxygen atoms in total. The van der Waals surface area contributed by atoms with Crippen LogP contribution in [0.15, 0.2) is 0 Å². The molecule has 0 aromatic carbocycles. The number of hydrogen-bond donors (Lipinski definition) is 0. The molecule has 0 amide bonds. The first-order valence-electron chi connectivity index (χ1n) is 4.23. The Morgan fingerprint density at radius 1 is 0.900 bits per heavy atom. The molecule has 0 atom stereocenters. The topological polar surface area (TPSA) is 0 Å². The van der Waals surface area contributed by atoms with Gasteiger partial charge in [-0.2, -0.15) is 0 Å². The molecule has 0 aromatic rings. The number of hydrogen-bond acceptors (Lipinski definition) is 0. The molecule has 0 bridgehead atoms. The smallest absolute Gasteiger partial charge is 1.00 e. The van der Waals surface area contributed by atoms with E-state index in [0.717, 1.165) is 0 Å². The summed E-state index contributed by atoms with van der Waals surface area (Å²) in [5, 5.41) is 0. The minimum Gasteiger partial charge on any atom is -1.00 e. The van der Waals surface area contributed by atoms with Gasteiger partial charge in [0.25, 0.3) is 0 Å². The van der Waals surface area contributed by atoms with Gasteiger partial charge in [-0.3, -0.25) is 0 Å². The van der Waals surface area contributed by atoms with Crippen molar-refractivity contribution < 1.29 is 12.4 Å². The predicted molar refractivity (Wildman–Crippen MR) is 45.2 cm³/mol. The van der Waals surface area contributed by atoms with E-state index in [2.05, 4.69) is 21.1 Å². The molecule has 0 aliphatic carbocycles. The molecule has 2 heteroatoms. The maximum Gasteiger partial charge on any atom is -1.00 e. The molecule has 0 N–H and O–H groups in total. The van der Waals surface area contributed by atoms with Crippen molar-refractivity contribution in [2.75, 3.05) is 0 Å². The molecule has 0 fully saturated rings. The molecule has 60 valence electrons. The van der Waals surface area contributed by atoms with Gasteiger partial charge in [-0.15, -0.1) is 0 Å². The van der Waals surface area contributed by atoms with Crippen LogP contribution in [0, 0.1) is 0 Å². The Morgan fingerprint density at radius 3 is 1.60 bits per heavy atom. The van der Waals surface area contributed by atoms with Crippen molar-refractivity contribution in [3.05, 3.63) is 0 Å². The molecule has 0 saturated carbocycles. The fourth-order valence-corrected chi connectivity index (χ4v) is 0.841. The Morgan fingerprint density at radius 2 is 1.30 bits per heavy atom. The third kappa shape index (κ3) is 11.2. The maximum absolute atomic E-state index is 2.42. The molecule has 0 unspecified atom stereocenters. The van der Waals surface area contributed by atoms with Crippen LogP contribution in [0.1, 0.15) is 39.5 Å². The van der Waals surface area contributed by atoms with Crippen LogP contribution in [0.25, 0.3) is 0 Å². The second-order valence-electron chi connectivity index (χ2n) is 2.57. The predicted octanol–water partition coefficient (Wildman–Crippen LogP) is 0.131. The van der Waals surface area contributed by atoms with E-state index in [9.17, 15) is 0 Å². The van der Waals surface area contributed by atoms with Crippen LogP contribution < -0.4 is 12.4 Å². The second-order valence-corrected chi connectivity index (χ2v) is 2.57. The maximum atomic E-state index is 2.42. The van der Waals surface area contributed by atoms with E-state index in [4.69, 9.17) is 0 Å². The van der Waals surface area contributed by atoms with Gasteiger partial charge < -0.3 is 12.4 Å². The quantitative estimate of drug-likeness (QED) is 0.383. The van der Waals surface area contributed by atoms with Gasteiger partial charge in [0.05, 0.1) is 0 Å². The van der Waals surface area contributed by atoms with Gasteiger partial charge in [0.1, 0.15) is 0 Å². The standard InChI is InChI=1S/C8H18B.ClH/c1-3-5-7-9-8-6-4-2;/h3-8H2,1-2H3;1H/q+1;/p-1. The first-order chi connectivity index (χ1) is 4.41. The fraction of sp³-hybridized carbons (Fsp3) is 1.00. The van der Waals surface area contributed by atoms with Gasteiger partial charge in [0.15, 0.2) is 0 Å². The second kappa shape index (κ2) is 12.1. The summed E-state index contributed by atoms with van der Waals surface area (Å²) in [6.07, 6.45) is 8.09. The number of halogens is 1. The largest absolute Gasteiger partial charge is 1.00 e. The third-order valence-electron chi connectivity index (χ3n) is 1.52. The van der Waals surface area contributed by atoms with Crippen LogP contribution in [0.5, 0.6) is 0 Å². The average molecular weight is 160 g/mol. The van der Waals surface area contributed by atoms with Gasteiger partial charge in [0, 0.05) is 0 Å². The summed E-state index contributed by atoms with van der Waals surface area (Å²) in [5.41, 5.74) is 0. The monoisotopic (exact) mass is 160 g/mol. The van der Waals surface area contributed by atoms with E-state index in [-0.39, 0.29) is 12.4 Å². The van der Waals surface area contributed by atoms with Crippen molar-refractivity contribution in [3.8, 4) is 0 Å². The SMILES string of the molecule is CCCC[B+]CCCC.[Cl-]. The summed E-state index contributed by atoms with van der Waals surface area (Å²) in [6, 6.07) is 0. The molecule has 0 radical (unpaired) electrons. The average Bonchev–Trinajstić information content (AvgIpc) is 1.89. The van der Waals surface area contributed by atoms with Crippen LogP contribution in [0.3, 0.4) is 0 Å². The van der Waals surface area contributed by atoms with Crippen LogP contribution in [-0.4, -0.2) is 7.28 Å². The van der Waals surface area contributed by atoms with Gasteiger partial charge in [0.2, 0.25) is 0 Å². The summed E-state index contributed by atoms with van der Waals surface area (Å²) in [5.74, 6) is 0. The Balaban J connectivity index is 0. The Bertz CT molecular complexity index is 42.5. The molecule has 0 aromatic heterocycles. The molecule has 10 heavy (non-hydrogen) atoms. The van der Waals surface area contributed by atoms with E-state index < -0.39 is 0 Å². The minimum absolute atomic E-state index is 0. The van der Waals surface area contributed by atoms with Crippen molar-refractivity contribution in [2.45, 2.75) is 52.2 Å². The fourth-order valence-electron chi connectivity index (χ4n) is 0.841. The van der Waals surface area contributed by atoms with Gasteiger partial charge in [-0.05, 0) is 0 Å². The molecule has 0 heterocycles. The van der Waals surface area contributed by atoms with Gasteiger partial charge in [-0.1, -0.05) is 0 Å². The molecule has 0 saturated heterocycles. The van der Waals surface area contributed by atoms with E-state index in [1.807, 2.05) is 0 Å². The van der Waals surface area contributed by atoms with Crippen LogP contribution in [0.2, 0.25) is 12.6 Å². The minimum atomic E-state index is 0. The van der Waals surface area contributed by atoms with E-state index in [1.54, 1.807) is 0 Å². The summed E-state index contributed by atoms with van der Waals surface area (Å²) in [7, 11) is 2.42. The molecular weight excluding hydrogens is 142 g/mol. The zero-order valence-corrected chi connectivity index (χ0v) is 7.95. The van der Waals surface area contributed by atoms with Gasteiger partial charge in [-0.25, -0.2) is 0 Å². The zero-order chi connectivity index (χ0) is 6.95. The van der Waals surface area contributed by atoms with Crippen molar-refractivity contribution in [3.63, 3.8) is 0 Å². The normalized spacial score (nSPS) is 8.20. The Labute approximate surface area is 72.4 Å². The number of rotatable bonds is 6. The van der Waals surface area contributed by atoms with Gasteiger partial charge >= 0.3 is 59.5 Å². The summed E-state index contributed by atoms with van der Waals surface area (Å²) in [6.45, 7) is 4.49. The third-order valence-corrected chi connectivity index (χ3v) is 1.52. The molecular formula is C8H18BCl. The van der Waals surface area contributed by atoms with Crippen molar-refractivity contribution >= 4 is 7.28 Å². The summed E-state index contributed by atoms with van der Waals surface area (Å²) >= 11 is 0. The molecule has 0 spiro atoms. The first kappa shape index (κ1) is 13.0. The van der Waals surface area contributed by atoms with Crippen molar-refractivity contribution in [2.24, 2.45) is 0 Å². The van der Waals surface area contributed by atoms with E-state index in [0.29, 0.717) is 0 Å². The summed E-state index contributed by atoms with van der Waals surface area (Å²) in [4.78, 5) is 0. The molecule has 0 aliphatic rings. The summed E-state index contributed by atoms with van der Waals surface area (Å²) < 4.78 is 0.